The molecule has 4 rings (SSSR count). The Hall–Kier alpha value is -3.62. The molecule has 0 radical (unpaired) electrons. The van der Waals surface area contributed by atoms with Gasteiger partial charge in [0.15, 0.2) is 5.11 Å². The topological polar surface area (TPSA) is 81.0 Å². The van der Waals surface area contributed by atoms with Gasteiger partial charge in [-0.3, -0.25) is 14.9 Å². The normalized spacial score (nSPS) is 15.2. The van der Waals surface area contributed by atoms with Crippen molar-refractivity contribution in [1.29, 1.82) is 0 Å². The third-order valence-electron chi connectivity index (χ3n) is 4.77. The molecule has 9 heteroatoms. The molecule has 0 saturated carbocycles. The molecule has 0 atom stereocenters. The van der Waals surface area contributed by atoms with Crippen molar-refractivity contribution in [1.82, 2.24) is 5.32 Å². The number of nitrogens with one attached hydrogen (secondary N) is 1. The summed E-state index contributed by atoms with van der Waals surface area (Å²) in [6.07, 6.45) is 1.38. The number of furan rings is 1. The summed E-state index contributed by atoms with van der Waals surface area (Å²) < 4.78 is 16.4. The van der Waals surface area contributed by atoms with Crippen LogP contribution in [0.4, 0.5) is 5.69 Å². The summed E-state index contributed by atoms with van der Waals surface area (Å²) in [6.45, 7) is 0. The van der Waals surface area contributed by atoms with Gasteiger partial charge in [0.25, 0.3) is 11.8 Å². The van der Waals surface area contributed by atoms with E-state index >= 15 is 0 Å². The van der Waals surface area contributed by atoms with Crippen LogP contribution in [0.5, 0.6) is 11.5 Å². The first-order chi connectivity index (χ1) is 15.4. The molecule has 1 saturated heterocycles. The van der Waals surface area contributed by atoms with E-state index in [0.29, 0.717) is 33.7 Å². The van der Waals surface area contributed by atoms with Crippen LogP contribution in [0, 0.1) is 0 Å². The Morgan fingerprint density at radius 1 is 1.03 bits per heavy atom. The summed E-state index contributed by atoms with van der Waals surface area (Å²) in [5, 5.41) is 3.09. The number of amides is 2. The zero-order chi connectivity index (χ0) is 22.8. The van der Waals surface area contributed by atoms with Crippen molar-refractivity contribution in [3.63, 3.8) is 0 Å². The van der Waals surface area contributed by atoms with Crippen LogP contribution >= 0.6 is 23.8 Å². The first kappa shape index (κ1) is 21.6. The van der Waals surface area contributed by atoms with Crippen LogP contribution in [0.15, 0.2) is 64.6 Å². The van der Waals surface area contributed by atoms with Crippen molar-refractivity contribution < 1.29 is 23.5 Å². The fourth-order valence-corrected chi connectivity index (χ4v) is 3.59. The van der Waals surface area contributed by atoms with E-state index < -0.39 is 11.8 Å². The lowest BCUT2D eigenvalue weighted by Gasteiger charge is -2.29. The molecule has 3 aromatic rings. The molecule has 7 nitrogen and oxygen atoms in total. The molecule has 1 fully saturated rings. The van der Waals surface area contributed by atoms with Crippen LogP contribution in [0.1, 0.15) is 5.76 Å². The summed E-state index contributed by atoms with van der Waals surface area (Å²) in [5.74, 6) is 0.591. The van der Waals surface area contributed by atoms with Gasteiger partial charge in [-0.25, -0.2) is 4.90 Å². The first-order valence-corrected chi connectivity index (χ1v) is 10.2. The Bertz CT molecular complexity index is 1250. The highest BCUT2D eigenvalue weighted by Crippen LogP contribution is 2.34. The molecule has 1 N–H and O–H groups in total. The molecule has 0 bridgehead atoms. The van der Waals surface area contributed by atoms with Crippen LogP contribution in [0.2, 0.25) is 5.02 Å². The molecule has 2 aromatic carbocycles. The fraction of sp³-hybridized carbons (Fsp3) is 0.0870. The van der Waals surface area contributed by atoms with E-state index in [-0.39, 0.29) is 10.7 Å². The maximum absolute atomic E-state index is 13.3. The summed E-state index contributed by atoms with van der Waals surface area (Å²) in [4.78, 5) is 27.0. The highest BCUT2D eigenvalue weighted by atomic mass is 35.5. The van der Waals surface area contributed by atoms with E-state index in [9.17, 15) is 9.59 Å². The largest absolute Gasteiger partial charge is 0.497 e. The zero-order valence-electron chi connectivity index (χ0n) is 17.0. The smallest absolute Gasteiger partial charge is 0.270 e. The average molecular weight is 469 g/mol. The van der Waals surface area contributed by atoms with Gasteiger partial charge >= 0.3 is 0 Å². The number of carbonyl (C=O) groups is 2. The van der Waals surface area contributed by atoms with Crippen molar-refractivity contribution in [3.05, 3.63) is 71.0 Å². The molecule has 0 spiro atoms. The maximum atomic E-state index is 13.3. The Morgan fingerprint density at radius 3 is 2.47 bits per heavy atom. The number of halogens is 1. The Balaban J connectivity index is 1.69. The van der Waals surface area contributed by atoms with Gasteiger partial charge in [-0.15, -0.1) is 0 Å². The molecule has 0 unspecified atom stereocenters. The fourth-order valence-electron chi connectivity index (χ4n) is 3.19. The third-order valence-corrected chi connectivity index (χ3v) is 5.31. The van der Waals surface area contributed by atoms with Gasteiger partial charge in [0.2, 0.25) is 0 Å². The first-order valence-electron chi connectivity index (χ1n) is 9.40. The summed E-state index contributed by atoms with van der Waals surface area (Å²) in [7, 11) is 2.99. The van der Waals surface area contributed by atoms with Crippen molar-refractivity contribution in [2.45, 2.75) is 0 Å². The molecular weight excluding hydrogens is 452 g/mol. The lowest BCUT2D eigenvalue weighted by molar-refractivity contribution is -0.122. The number of methoxy groups -OCH3 is 2. The van der Waals surface area contributed by atoms with Crippen molar-refractivity contribution in [2.75, 3.05) is 19.1 Å². The SMILES string of the molecule is COc1ccc(N2C(=O)/C(=C/c3ccc(-c4ccc(Cl)cc4)o3)C(=O)NC2=S)c(OC)c1. The van der Waals surface area contributed by atoms with Gasteiger partial charge in [-0.05, 0) is 66.8 Å². The van der Waals surface area contributed by atoms with Crippen molar-refractivity contribution in [2.24, 2.45) is 0 Å². The van der Waals surface area contributed by atoms with E-state index in [2.05, 4.69) is 5.32 Å². The molecule has 0 aliphatic carbocycles. The lowest BCUT2D eigenvalue weighted by Crippen LogP contribution is -2.54. The molecule has 162 valence electrons. The summed E-state index contributed by atoms with van der Waals surface area (Å²) >= 11 is 11.2. The number of carbonyl (C=O) groups excluding carboxylic acids is 2. The van der Waals surface area contributed by atoms with Gasteiger partial charge in [-0.2, -0.15) is 0 Å². The highest BCUT2D eigenvalue weighted by molar-refractivity contribution is 7.80. The van der Waals surface area contributed by atoms with Crippen LogP contribution in [0.25, 0.3) is 17.4 Å². The molecule has 1 aromatic heterocycles. The van der Waals surface area contributed by atoms with Crippen LogP contribution in [-0.4, -0.2) is 31.1 Å². The second-order valence-electron chi connectivity index (χ2n) is 6.70. The zero-order valence-corrected chi connectivity index (χ0v) is 18.6. The minimum atomic E-state index is -0.617. The van der Waals surface area contributed by atoms with Gasteiger partial charge in [0.05, 0.1) is 19.9 Å². The number of hydrogen-bond donors (Lipinski definition) is 1. The highest BCUT2D eigenvalue weighted by Gasteiger charge is 2.36. The van der Waals surface area contributed by atoms with Gasteiger partial charge < -0.3 is 13.9 Å². The second-order valence-corrected chi connectivity index (χ2v) is 7.53. The predicted molar refractivity (Wildman–Crippen MR) is 125 cm³/mol. The monoisotopic (exact) mass is 468 g/mol. The summed E-state index contributed by atoms with van der Waals surface area (Å²) in [6, 6.07) is 15.4. The molecule has 2 heterocycles. The van der Waals surface area contributed by atoms with Crippen LogP contribution in [-0.2, 0) is 9.59 Å². The van der Waals surface area contributed by atoms with E-state index in [4.69, 9.17) is 37.7 Å². The summed E-state index contributed by atoms with van der Waals surface area (Å²) in [5.41, 5.74) is 1.05. The molecule has 1 aliphatic heterocycles. The Morgan fingerprint density at radius 2 is 1.78 bits per heavy atom. The number of anilines is 1. The molecular formula is C23H17ClN2O5S. The standard InChI is InChI=1S/C23H17ClN2O5S/c1-29-15-7-9-18(20(12-15)30-2)26-22(28)17(21(27)25-23(26)32)11-16-8-10-19(31-16)13-3-5-14(24)6-4-13/h3-12H,1-2H3,(H,25,27,32)/b17-11+. The molecule has 1 aliphatic rings. The van der Waals surface area contributed by atoms with E-state index in [1.54, 1.807) is 42.5 Å². The number of nitrogens with zero attached hydrogens (tertiary/aromatic N) is 1. The van der Waals surface area contributed by atoms with E-state index in [1.807, 2.05) is 12.1 Å². The van der Waals surface area contributed by atoms with Gasteiger partial charge in [0.1, 0.15) is 28.6 Å². The minimum absolute atomic E-state index is 0.0538. The number of rotatable bonds is 5. The quantitative estimate of drug-likeness (QED) is 0.338. The average Bonchev–Trinajstić information content (AvgIpc) is 3.26. The van der Waals surface area contributed by atoms with E-state index in [0.717, 1.165) is 5.56 Å². The molecule has 32 heavy (non-hydrogen) atoms. The third kappa shape index (κ3) is 4.10. The molecule has 2 amide bonds. The van der Waals surface area contributed by atoms with E-state index in [1.165, 1.54) is 25.2 Å². The van der Waals surface area contributed by atoms with Crippen LogP contribution in [0.3, 0.4) is 0 Å². The lowest BCUT2D eigenvalue weighted by atomic mass is 10.1. The Kier molecular flexibility index (Phi) is 5.98. The predicted octanol–water partition coefficient (Wildman–Crippen LogP) is 4.45. The maximum Gasteiger partial charge on any atom is 0.270 e. The van der Waals surface area contributed by atoms with Crippen molar-refractivity contribution in [3.8, 4) is 22.8 Å². The van der Waals surface area contributed by atoms with Gasteiger partial charge in [0, 0.05) is 16.7 Å². The van der Waals surface area contributed by atoms with Crippen LogP contribution < -0.4 is 19.7 Å². The minimum Gasteiger partial charge on any atom is -0.497 e. The Labute approximate surface area is 194 Å². The van der Waals surface area contributed by atoms with Gasteiger partial charge in [-0.1, -0.05) is 11.6 Å². The second kappa shape index (κ2) is 8.86. The number of thiocarbonyl (C=S) groups is 1. The number of hydrogen-bond acceptors (Lipinski definition) is 6. The number of ether oxygens (including phenoxy) is 2. The number of benzene rings is 2. The van der Waals surface area contributed by atoms with Crippen molar-refractivity contribution >= 4 is 52.5 Å².